The molecule has 3 aromatic rings. The van der Waals surface area contributed by atoms with Crippen LogP contribution in [0.4, 0.5) is 20.3 Å². The fourth-order valence-corrected chi connectivity index (χ4v) is 2.95. The van der Waals surface area contributed by atoms with Crippen molar-refractivity contribution in [3.63, 3.8) is 0 Å². The number of hydrogen-bond acceptors (Lipinski definition) is 6. The Morgan fingerprint density at radius 2 is 1.93 bits per heavy atom. The molecule has 0 bridgehead atoms. The Hall–Kier alpha value is -3.13. The van der Waals surface area contributed by atoms with Gasteiger partial charge in [0.25, 0.3) is 0 Å². The molecule has 0 unspecified atom stereocenters. The minimum atomic E-state index is -1.01. The van der Waals surface area contributed by atoms with Crippen LogP contribution in [0.2, 0.25) is 0 Å². The lowest BCUT2D eigenvalue weighted by Crippen LogP contribution is -2.19. The van der Waals surface area contributed by atoms with Crippen LogP contribution in [-0.4, -0.2) is 35.3 Å². The molecule has 1 saturated heterocycles. The van der Waals surface area contributed by atoms with Gasteiger partial charge in [-0.15, -0.1) is 0 Å². The molecule has 6 nitrogen and oxygen atoms in total. The third kappa shape index (κ3) is 3.91. The maximum atomic E-state index is 13.5. The van der Waals surface area contributed by atoms with Gasteiger partial charge in [-0.1, -0.05) is 12.1 Å². The first kappa shape index (κ1) is 18.2. The highest BCUT2D eigenvalue weighted by atomic mass is 19.2. The summed E-state index contributed by atoms with van der Waals surface area (Å²) in [5.74, 6) is -2.55. The number of para-hydroxylation sites is 2. The van der Waals surface area contributed by atoms with E-state index in [9.17, 15) is 13.6 Å². The standard InChI is InChI=1S/C20H17F2N3O3/c21-14-8-7-12(10-15(14)22)23-19-18(20(26)28-11-13-4-3-9-27-13)24-16-5-1-2-6-17(16)25-19/h1-2,5-8,10,13H,3-4,9,11H2,(H,23,25)/t13-/m0/s1. The Balaban J connectivity index is 1.65. The van der Waals surface area contributed by atoms with Gasteiger partial charge >= 0.3 is 5.97 Å². The minimum absolute atomic E-state index is 0.0403. The molecule has 0 amide bonds. The molecule has 1 aliphatic rings. The summed E-state index contributed by atoms with van der Waals surface area (Å²) < 4.78 is 37.5. The van der Waals surface area contributed by atoms with Gasteiger partial charge in [-0.3, -0.25) is 0 Å². The van der Waals surface area contributed by atoms with Crippen molar-refractivity contribution in [1.29, 1.82) is 0 Å². The van der Waals surface area contributed by atoms with Crippen LogP contribution in [-0.2, 0) is 9.47 Å². The SMILES string of the molecule is O=C(OC[C@@H]1CCCO1)c1nc2ccccc2nc1Nc1ccc(F)c(F)c1. The van der Waals surface area contributed by atoms with E-state index >= 15 is 0 Å². The molecule has 1 aliphatic heterocycles. The summed E-state index contributed by atoms with van der Waals surface area (Å²) in [7, 11) is 0. The molecule has 1 N–H and O–H groups in total. The number of halogens is 2. The maximum Gasteiger partial charge on any atom is 0.360 e. The smallest absolute Gasteiger partial charge is 0.360 e. The third-order valence-electron chi connectivity index (χ3n) is 4.37. The second-order valence-corrected chi connectivity index (χ2v) is 6.40. The number of hydrogen-bond donors (Lipinski definition) is 1. The van der Waals surface area contributed by atoms with Gasteiger partial charge in [-0.2, -0.15) is 0 Å². The highest BCUT2D eigenvalue weighted by Gasteiger charge is 2.22. The number of aromatic nitrogens is 2. The van der Waals surface area contributed by atoms with E-state index in [2.05, 4.69) is 15.3 Å². The summed E-state index contributed by atoms with van der Waals surface area (Å²) in [5, 5.41) is 2.83. The number of esters is 1. The zero-order valence-electron chi connectivity index (χ0n) is 14.8. The molecule has 0 radical (unpaired) electrons. The van der Waals surface area contributed by atoms with E-state index in [4.69, 9.17) is 9.47 Å². The van der Waals surface area contributed by atoms with Gasteiger partial charge < -0.3 is 14.8 Å². The Morgan fingerprint density at radius 3 is 2.64 bits per heavy atom. The van der Waals surface area contributed by atoms with E-state index in [1.807, 2.05) is 0 Å². The molecule has 1 atom stereocenters. The molecule has 0 spiro atoms. The normalized spacial score (nSPS) is 16.3. The van der Waals surface area contributed by atoms with E-state index in [-0.39, 0.29) is 29.9 Å². The van der Waals surface area contributed by atoms with E-state index < -0.39 is 17.6 Å². The number of nitrogens with zero attached hydrogens (tertiary/aromatic N) is 2. The number of carbonyl (C=O) groups is 1. The zero-order valence-corrected chi connectivity index (χ0v) is 14.8. The Kier molecular flexibility index (Phi) is 5.12. The lowest BCUT2D eigenvalue weighted by atomic mass is 10.2. The second kappa shape index (κ2) is 7.85. The van der Waals surface area contributed by atoms with Crippen LogP contribution in [0.15, 0.2) is 42.5 Å². The van der Waals surface area contributed by atoms with Crippen LogP contribution in [0, 0.1) is 11.6 Å². The Morgan fingerprint density at radius 1 is 1.14 bits per heavy atom. The third-order valence-corrected chi connectivity index (χ3v) is 4.37. The van der Waals surface area contributed by atoms with E-state index in [1.54, 1.807) is 24.3 Å². The number of ether oxygens (including phenoxy) is 2. The summed E-state index contributed by atoms with van der Waals surface area (Å²) in [6, 6.07) is 10.3. The monoisotopic (exact) mass is 385 g/mol. The molecule has 8 heteroatoms. The predicted molar refractivity (Wildman–Crippen MR) is 98.4 cm³/mol. The first-order valence-corrected chi connectivity index (χ1v) is 8.88. The number of rotatable bonds is 5. The second-order valence-electron chi connectivity index (χ2n) is 6.40. The fourth-order valence-electron chi connectivity index (χ4n) is 2.95. The highest BCUT2D eigenvalue weighted by Crippen LogP contribution is 2.23. The number of anilines is 2. The van der Waals surface area contributed by atoms with Crippen molar-refractivity contribution in [2.24, 2.45) is 0 Å². The van der Waals surface area contributed by atoms with E-state index in [0.717, 1.165) is 25.0 Å². The van der Waals surface area contributed by atoms with Gasteiger partial charge in [0.05, 0.1) is 17.1 Å². The van der Waals surface area contributed by atoms with Crippen molar-refractivity contribution in [1.82, 2.24) is 9.97 Å². The van der Waals surface area contributed by atoms with Crippen LogP contribution >= 0.6 is 0 Å². The molecule has 0 aliphatic carbocycles. The Bertz CT molecular complexity index is 1020. The minimum Gasteiger partial charge on any atom is -0.458 e. The first-order valence-electron chi connectivity index (χ1n) is 8.88. The Labute approximate surface area is 159 Å². The van der Waals surface area contributed by atoms with Crippen molar-refractivity contribution in [3.8, 4) is 0 Å². The van der Waals surface area contributed by atoms with Gasteiger partial charge in [0.1, 0.15) is 6.61 Å². The molecule has 0 saturated carbocycles. The summed E-state index contributed by atoms with van der Waals surface area (Å²) in [4.78, 5) is 21.4. The quantitative estimate of drug-likeness (QED) is 0.670. The topological polar surface area (TPSA) is 73.3 Å². The van der Waals surface area contributed by atoms with Gasteiger partial charge in [-0.05, 0) is 37.1 Å². The largest absolute Gasteiger partial charge is 0.458 e. The molecule has 4 rings (SSSR count). The molecule has 28 heavy (non-hydrogen) atoms. The van der Waals surface area contributed by atoms with Gasteiger partial charge in [0.15, 0.2) is 23.1 Å². The van der Waals surface area contributed by atoms with Crippen molar-refractivity contribution in [2.75, 3.05) is 18.5 Å². The first-order chi connectivity index (χ1) is 13.6. The zero-order chi connectivity index (χ0) is 19.5. The van der Waals surface area contributed by atoms with Crippen LogP contribution in [0.3, 0.4) is 0 Å². The average molecular weight is 385 g/mol. The van der Waals surface area contributed by atoms with Crippen molar-refractivity contribution in [2.45, 2.75) is 18.9 Å². The molecule has 144 valence electrons. The number of fused-ring (bicyclic) bond motifs is 1. The summed E-state index contributed by atoms with van der Waals surface area (Å²) in [6.45, 7) is 0.777. The van der Waals surface area contributed by atoms with E-state index in [0.29, 0.717) is 17.6 Å². The molecular formula is C20H17F2N3O3. The highest BCUT2D eigenvalue weighted by molar-refractivity contribution is 5.96. The van der Waals surface area contributed by atoms with Gasteiger partial charge in [0, 0.05) is 18.4 Å². The maximum absolute atomic E-state index is 13.5. The van der Waals surface area contributed by atoms with Crippen molar-refractivity contribution < 1.29 is 23.0 Å². The molecular weight excluding hydrogens is 368 g/mol. The van der Waals surface area contributed by atoms with E-state index in [1.165, 1.54) is 6.07 Å². The summed E-state index contributed by atoms with van der Waals surface area (Å²) >= 11 is 0. The number of nitrogens with one attached hydrogen (secondary N) is 1. The molecule has 1 fully saturated rings. The van der Waals surface area contributed by atoms with Crippen molar-refractivity contribution >= 4 is 28.5 Å². The number of benzene rings is 2. The van der Waals surface area contributed by atoms with Gasteiger partial charge in [0.2, 0.25) is 0 Å². The van der Waals surface area contributed by atoms with Crippen molar-refractivity contribution in [3.05, 3.63) is 59.8 Å². The predicted octanol–water partition coefficient (Wildman–Crippen LogP) is 3.99. The van der Waals surface area contributed by atoms with Crippen LogP contribution in [0.25, 0.3) is 11.0 Å². The lowest BCUT2D eigenvalue weighted by molar-refractivity contribution is 0.0157. The molecule has 2 heterocycles. The summed E-state index contributed by atoms with van der Waals surface area (Å²) in [6.07, 6.45) is 1.64. The van der Waals surface area contributed by atoms with Gasteiger partial charge in [-0.25, -0.2) is 23.5 Å². The number of carbonyl (C=O) groups excluding carboxylic acids is 1. The summed E-state index contributed by atoms with van der Waals surface area (Å²) in [5.41, 5.74) is 1.25. The van der Waals surface area contributed by atoms with Crippen LogP contribution in [0.1, 0.15) is 23.3 Å². The molecule has 1 aromatic heterocycles. The fraction of sp³-hybridized carbons (Fsp3) is 0.250. The van der Waals surface area contributed by atoms with Crippen LogP contribution < -0.4 is 5.32 Å². The molecule has 2 aromatic carbocycles. The lowest BCUT2D eigenvalue weighted by Gasteiger charge is -2.13. The van der Waals surface area contributed by atoms with Crippen LogP contribution in [0.5, 0.6) is 0 Å². The average Bonchev–Trinajstić information content (AvgIpc) is 3.22.